The van der Waals surface area contributed by atoms with Crippen molar-refractivity contribution >= 4 is 0 Å². The molecule has 1 aromatic carbocycles. The zero-order valence-corrected chi connectivity index (χ0v) is 8.46. The summed E-state index contributed by atoms with van der Waals surface area (Å²) in [5, 5.41) is 18.7. The number of methoxy groups -OCH3 is 1. The molecule has 0 bridgehead atoms. The summed E-state index contributed by atoms with van der Waals surface area (Å²) in [4.78, 5) is 0. The molecule has 0 amide bonds. The minimum absolute atomic E-state index is 0.0392. The second-order valence-corrected chi connectivity index (χ2v) is 3.13. The van der Waals surface area contributed by atoms with E-state index in [9.17, 15) is 14.6 Å². The minimum Gasteiger partial charge on any atom is -0.504 e. The van der Waals surface area contributed by atoms with Crippen LogP contribution >= 0.6 is 0 Å². The van der Waals surface area contributed by atoms with Gasteiger partial charge in [-0.15, -0.1) is 0 Å². The Morgan fingerprint density at radius 1 is 1.47 bits per heavy atom. The fourth-order valence-electron chi connectivity index (χ4n) is 1.32. The van der Waals surface area contributed by atoms with Crippen molar-refractivity contribution in [2.75, 3.05) is 13.7 Å². The molecule has 15 heavy (non-hydrogen) atoms. The van der Waals surface area contributed by atoms with E-state index in [0.717, 1.165) is 6.07 Å². The lowest BCUT2D eigenvalue weighted by Crippen LogP contribution is -2.03. The highest BCUT2D eigenvalue weighted by atomic mass is 19.1. The van der Waals surface area contributed by atoms with Gasteiger partial charge in [-0.3, -0.25) is 0 Å². The van der Waals surface area contributed by atoms with Crippen LogP contribution in [0.1, 0.15) is 12.0 Å². The maximum Gasteiger partial charge on any atom is 0.172 e. The van der Waals surface area contributed by atoms with E-state index >= 15 is 0 Å². The average Bonchev–Trinajstić information content (AvgIpc) is 2.23. The SMILES string of the molecule is COc1cc(O)c(O)c(CCCN)c1F. The van der Waals surface area contributed by atoms with E-state index in [-0.39, 0.29) is 23.5 Å². The van der Waals surface area contributed by atoms with Crippen molar-refractivity contribution in [3.63, 3.8) is 0 Å². The Bertz CT molecular complexity index is 355. The van der Waals surface area contributed by atoms with Gasteiger partial charge in [0.25, 0.3) is 0 Å². The molecule has 0 radical (unpaired) electrons. The summed E-state index contributed by atoms with van der Waals surface area (Å²) in [5.74, 6) is -1.57. The van der Waals surface area contributed by atoms with Crippen LogP contribution in [0.2, 0.25) is 0 Å². The van der Waals surface area contributed by atoms with Crippen LogP contribution in [-0.2, 0) is 6.42 Å². The highest BCUT2D eigenvalue weighted by molar-refractivity contribution is 5.51. The van der Waals surface area contributed by atoms with Crippen molar-refractivity contribution in [1.82, 2.24) is 0 Å². The van der Waals surface area contributed by atoms with Crippen molar-refractivity contribution in [3.8, 4) is 17.2 Å². The summed E-state index contributed by atoms with van der Waals surface area (Å²) < 4.78 is 18.3. The van der Waals surface area contributed by atoms with Crippen molar-refractivity contribution in [2.45, 2.75) is 12.8 Å². The first-order valence-electron chi connectivity index (χ1n) is 4.59. The average molecular weight is 215 g/mol. The number of ether oxygens (including phenoxy) is 1. The molecule has 0 aliphatic rings. The first kappa shape index (κ1) is 11.6. The van der Waals surface area contributed by atoms with E-state index in [4.69, 9.17) is 10.5 Å². The molecule has 4 nitrogen and oxygen atoms in total. The van der Waals surface area contributed by atoms with Gasteiger partial charge in [0.05, 0.1) is 7.11 Å². The van der Waals surface area contributed by atoms with E-state index in [1.807, 2.05) is 0 Å². The third-order valence-corrected chi connectivity index (χ3v) is 2.13. The number of phenolic OH excluding ortho intramolecular Hbond substituents is 2. The van der Waals surface area contributed by atoms with Crippen LogP contribution in [0, 0.1) is 5.82 Å². The van der Waals surface area contributed by atoms with Gasteiger partial charge in [-0.25, -0.2) is 4.39 Å². The number of nitrogens with two attached hydrogens (primary N) is 1. The quantitative estimate of drug-likeness (QED) is 0.658. The van der Waals surface area contributed by atoms with E-state index in [1.54, 1.807) is 0 Å². The number of hydrogen-bond acceptors (Lipinski definition) is 4. The van der Waals surface area contributed by atoms with Gasteiger partial charge in [0, 0.05) is 11.6 Å². The van der Waals surface area contributed by atoms with Crippen LogP contribution in [-0.4, -0.2) is 23.9 Å². The number of rotatable bonds is 4. The molecule has 0 aromatic heterocycles. The summed E-state index contributed by atoms with van der Waals surface area (Å²) in [6.45, 7) is 0.386. The number of halogens is 1. The smallest absolute Gasteiger partial charge is 0.172 e. The molecule has 0 spiro atoms. The summed E-state index contributed by atoms with van der Waals surface area (Å²) in [6.07, 6.45) is 0.788. The fraction of sp³-hybridized carbons (Fsp3) is 0.400. The largest absolute Gasteiger partial charge is 0.504 e. The first-order chi connectivity index (χ1) is 7.11. The Labute approximate surface area is 87.1 Å². The molecule has 0 atom stereocenters. The van der Waals surface area contributed by atoms with Gasteiger partial charge in [0.1, 0.15) is 0 Å². The lowest BCUT2D eigenvalue weighted by atomic mass is 10.1. The third-order valence-electron chi connectivity index (χ3n) is 2.13. The molecule has 84 valence electrons. The third kappa shape index (κ3) is 2.30. The minimum atomic E-state index is -0.652. The fourth-order valence-corrected chi connectivity index (χ4v) is 1.32. The molecule has 1 rings (SSSR count). The van der Waals surface area contributed by atoms with Crippen LogP contribution in [0.3, 0.4) is 0 Å². The Balaban J connectivity index is 3.15. The van der Waals surface area contributed by atoms with E-state index < -0.39 is 11.6 Å². The number of aromatic hydroxyl groups is 2. The summed E-state index contributed by atoms with van der Waals surface area (Å²) in [6, 6.07) is 1.04. The number of hydrogen-bond donors (Lipinski definition) is 3. The van der Waals surface area contributed by atoms with Gasteiger partial charge in [0.2, 0.25) is 0 Å². The zero-order valence-electron chi connectivity index (χ0n) is 8.46. The van der Waals surface area contributed by atoms with Crippen LogP contribution in [0.15, 0.2) is 6.07 Å². The lowest BCUT2D eigenvalue weighted by Gasteiger charge is -2.10. The number of phenols is 2. The van der Waals surface area contributed by atoms with Crippen LogP contribution < -0.4 is 10.5 Å². The molecule has 0 fully saturated rings. The molecule has 0 saturated heterocycles. The highest BCUT2D eigenvalue weighted by Crippen LogP contribution is 2.37. The lowest BCUT2D eigenvalue weighted by molar-refractivity contribution is 0.358. The predicted octanol–water partition coefficient (Wildman–Crippen LogP) is 1.14. The Morgan fingerprint density at radius 2 is 2.13 bits per heavy atom. The summed E-state index contributed by atoms with van der Waals surface area (Å²) in [5.41, 5.74) is 5.33. The van der Waals surface area contributed by atoms with E-state index in [0.29, 0.717) is 13.0 Å². The standard InChI is InChI=1S/C10H14FNO3/c1-15-8-5-7(13)10(14)6(9(8)11)3-2-4-12/h5,13-14H,2-4,12H2,1H3. The van der Waals surface area contributed by atoms with Crippen LogP contribution in [0.25, 0.3) is 0 Å². The Hall–Kier alpha value is -1.49. The normalized spacial score (nSPS) is 10.3. The second kappa shape index (κ2) is 4.84. The van der Waals surface area contributed by atoms with Crippen LogP contribution in [0.4, 0.5) is 4.39 Å². The second-order valence-electron chi connectivity index (χ2n) is 3.13. The maximum atomic E-state index is 13.6. The Morgan fingerprint density at radius 3 is 2.67 bits per heavy atom. The van der Waals surface area contributed by atoms with Gasteiger partial charge in [-0.05, 0) is 19.4 Å². The van der Waals surface area contributed by atoms with Gasteiger partial charge >= 0.3 is 0 Å². The van der Waals surface area contributed by atoms with E-state index in [1.165, 1.54) is 7.11 Å². The van der Waals surface area contributed by atoms with Crippen LogP contribution in [0.5, 0.6) is 17.2 Å². The monoisotopic (exact) mass is 215 g/mol. The molecule has 0 aliphatic carbocycles. The van der Waals surface area contributed by atoms with Gasteiger partial charge in [0.15, 0.2) is 23.1 Å². The van der Waals surface area contributed by atoms with Gasteiger partial charge < -0.3 is 20.7 Å². The molecular weight excluding hydrogens is 201 g/mol. The molecule has 4 N–H and O–H groups in total. The van der Waals surface area contributed by atoms with Gasteiger partial charge in [-0.1, -0.05) is 0 Å². The molecule has 0 saturated carbocycles. The number of benzene rings is 1. The van der Waals surface area contributed by atoms with Crippen molar-refractivity contribution in [3.05, 3.63) is 17.4 Å². The highest BCUT2D eigenvalue weighted by Gasteiger charge is 2.17. The van der Waals surface area contributed by atoms with Gasteiger partial charge in [-0.2, -0.15) is 0 Å². The van der Waals surface area contributed by atoms with E-state index in [2.05, 4.69) is 0 Å². The van der Waals surface area contributed by atoms with Crippen molar-refractivity contribution in [2.24, 2.45) is 5.73 Å². The molecular formula is C10H14FNO3. The topological polar surface area (TPSA) is 75.7 Å². The maximum absolute atomic E-state index is 13.6. The van der Waals surface area contributed by atoms with Crippen molar-refractivity contribution in [1.29, 1.82) is 0 Å². The Kier molecular flexibility index (Phi) is 3.74. The van der Waals surface area contributed by atoms with Crippen molar-refractivity contribution < 1.29 is 19.3 Å². The predicted molar refractivity (Wildman–Crippen MR) is 53.7 cm³/mol. The molecule has 0 heterocycles. The first-order valence-corrected chi connectivity index (χ1v) is 4.59. The summed E-state index contributed by atoms with van der Waals surface area (Å²) in [7, 11) is 1.29. The molecule has 0 aliphatic heterocycles. The molecule has 5 heteroatoms. The summed E-state index contributed by atoms with van der Waals surface area (Å²) >= 11 is 0. The molecule has 0 unspecified atom stereocenters. The molecule has 1 aromatic rings. The zero-order chi connectivity index (χ0) is 11.4.